The lowest BCUT2D eigenvalue weighted by molar-refractivity contribution is 0.414. The largest absolute Gasteiger partial charge is 0.502 e. The van der Waals surface area contributed by atoms with Crippen molar-refractivity contribution in [1.82, 2.24) is 0 Å². The molecule has 2 heterocycles. The van der Waals surface area contributed by atoms with E-state index < -0.39 is 10.9 Å². The maximum Gasteiger partial charge on any atom is 0.235 e. The van der Waals surface area contributed by atoms with Gasteiger partial charge in [0.2, 0.25) is 22.4 Å². The molecule has 0 bridgehead atoms. The molecule has 0 fully saturated rings. The van der Waals surface area contributed by atoms with Crippen molar-refractivity contribution in [2.75, 3.05) is 14.2 Å². The van der Waals surface area contributed by atoms with E-state index in [1.165, 1.54) is 0 Å². The molecular formula is C32H24O8. The lowest BCUT2D eigenvalue weighted by Crippen LogP contribution is -2.02. The molecule has 2 aromatic heterocycles. The molecule has 8 heteroatoms. The zero-order valence-corrected chi connectivity index (χ0v) is 21.6. The number of hydrogen-bond acceptors (Lipinski definition) is 8. The summed E-state index contributed by atoms with van der Waals surface area (Å²) in [6.07, 6.45) is 0. The summed E-state index contributed by atoms with van der Waals surface area (Å²) in [5.74, 6) is 0.947. The number of para-hydroxylation sites is 2. The Bertz CT molecular complexity index is 1770. The van der Waals surface area contributed by atoms with Crippen molar-refractivity contribution in [2.24, 2.45) is 0 Å². The highest BCUT2D eigenvalue weighted by Gasteiger charge is 2.16. The lowest BCUT2D eigenvalue weighted by atomic mass is 10.1. The molecule has 200 valence electrons. The number of aromatic hydroxyl groups is 2. The number of benzene rings is 4. The standard InChI is InChI=1S/2C16H12O4/c2*1-19-11-8-6-10(7-9-11)16-15(18)14(17)12-4-2-3-5-13(12)20-16/h2*2-9,18H,1H3. The number of methoxy groups -OCH3 is 2. The van der Waals surface area contributed by atoms with Crippen LogP contribution < -0.4 is 20.3 Å². The minimum atomic E-state index is -0.433. The highest BCUT2D eigenvalue weighted by atomic mass is 16.5. The molecule has 0 saturated heterocycles. The fourth-order valence-electron chi connectivity index (χ4n) is 4.14. The highest BCUT2D eigenvalue weighted by Crippen LogP contribution is 2.32. The van der Waals surface area contributed by atoms with Gasteiger partial charge in [-0.15, -0.1) is 0 Å². The minimum absolute atomic E-state index is 0.163. The molecule has 0 aliphatic rings. The minimum Gasteiger partial charge on any atom is -0.502 e. The first-order valence-electron chi connectivity index (χ1n) is 12.2. The number of hydrogen-bond donors (Lipinski definition) is 2. The maximum atomic E-state index is 12.1. The smallest absolute Gasteiger partial charge is 0.235 e. The third-order valence-corrected chi connectivity index (χ3v) is 6.25. The van der Waals surface area contributed by atoms with E-state index >= 15 is 0 Å². The number of ether oxygens (including phenoxy) is 2. The van der Waals surface area contributed by atoms with Gasteiger partial charge in [-0.25, -0.2) is 0 Å². The van der Waals surface area contributed by atoms with Crippen molar-refractivity contribution in [3.8, 4) is 45.6 Å². The van der Waals surface area contributed by atoms with Crippen LogP contribution in [0.2, 0.25) is 0 Å². The van der Waals surface area contributed by atoms with Gasteiger partial charge in [-0.05, 0) is 72.8 Å². The first-order valence-corrected chi connectivity index (χ1v) is 12.2. The Kier molecular flexibility index (Phi) is 7.24. The van der Waals surface area contributed by atoms with Gasteiger partial charge in [0.1, 0.15) is 22.7 Å². The second kappa shape index (κ2) is 11.1. The van der Waals surface area contributed by atoms with Crippen LogP contribution in [-0.2, 0) is 0 Å². The molecule has 6 rings (SSSR count). The summed E-state index contributed by atoms with van der Waals surface area (Å²) < 4.78 is 21.4. The van der Waals surface area contributed by atoms with Crippen LogP contribution in [0.1, 0.15) is 0 Å². The molecule has 0 aliphatic heterocycles. The van der Waals surface area contributed by atoms with Crippen molar-refractivity contribution in [1.29, 1.82) is 0 Å². The Morgan fingerprint density at radius 3 is 1.23 bits per heavy atom. The van der Waals surface area contributed by atoms with Crippen LogP contribution in [0.5, 0.6) is 23.0 Å². The second-order valence-corrected chi connectivity index (χ2v) is 8.67. The normalized spacial score (nSPS) is 10.7. The van der Waals surface area contributed by atoms with Crippen molar-refractivity contribution in [3.63, 3.8) is 0 Å². The Labute approximate surface area is 227 Å². The molecule has 4 aromatic carbocycles. The molecule has 0 spiro atoms. The monoisotopic (exact) mass is 536 g/mol. The Morgan fingerprint density at radius 1 is 0.525 bits per heavy atom. The first kappa shape index (κ1) is 26.1. The average molecular weight is 537 g/mol. The summed E-state index contributed by atoms with van der Waals surface area (Å²) in [4.78, 5) is 24.2. The van der Waals surface area contributed by atoms with Gasteiger partial charge < -0.3 is 28.5 Å². The zero-order valence-electron chi connectivity index (χ0n) is 21.6. The average Bonchev–Trinajstić information content (AvgIpc) is 3.01. The van der Waals surface area contributed by atoms with Gasteiger partial charge in [0.05, 0.1) is 25.0 Å². The van der Waals surface area contributed by atoms with Crippen LogP contribution in [0.3, 0.4) is 0 Å². The molecule has 40 heavy (non-hydrogen) atoms. The van der Waals surface area contributed by atoms with E-state index in [0.717, 1.165) is 0 Å². The van der Waals surface area contributed by atoms with Gasteiger partial charge in [0.25, 0.3) is 0 Å². The molecule has 0 unspecified atom stereocenters. The molecule has 0 amide bonds. The summed E-state index contributed by atoms with van der Waals surface area (Å²) in [5, 5.41) is 20.8. The molecule has 0 saturated carbocycles. The second-order valence-electron chi connectivity index (χ2n) is 8.67. The molecule has 0 atom stereocenters. The summed E-state index contributed by atoms with van der Waals surface area (Å²) in [5.41, 5.74) is 1.26. The van der Waals surface area contributed by atoms with Crippen LogP contribution in [0.4, 0.5) is 0 Å². The number of rotatable bonds is 4. The van der Waals surface area contributed by atoms with Crippen LogP contribution >= 0.6 is 0 Å². The summed E-state index contributed by atoms with van der Waals surface area (Å²) in [7, 11) is 3.14. The van der Waals surface area contributed by atoms with Crippen molar-refractivity contribution >= 4 is 21.9 Å². The van der Waals surface area contributed by atoms with Crippen molar-refractivity contribution in [3.05, 3.63) is 118 Å². The highest BCUT2D eigenvalue weighted by molar-refractivity contribution is 5.82. The topological polar surface area (TPSA) is 119 Å². The van der Waals surface area contributed by atoms with Crippen molar-refractivity contribution < 1.29 is 28.5 Å². The van der Waals surface area contributed by atoms with E-state index in [0.29, 0.717) is 44.6 Å². The van der Waals surface area contributed by atoms with Crippen LogP contribution in [0.25, 0.3) is 44.6 Å². The third-order valence-electron chi connectivity index (χ3n) is 6.25. The quantitative estimate of drug-likeness (QED) is 0.268. The number of fused-ring (bicyclic) bond motifs is 2. The molecule has 0 radical (unpaired) electrons. The maximum absolute atomic E-state index is 12.1. The predicted octanol–water partition coefficient (Wildman–Crippen LogP) is 6.35. The zero-order chi connectivity index (χ0) is 28.2. The lowest BCUT2D eigenvalue weighted by Gasteiger charge is -2.06. The SMILES string of the molecule is COc1ccc(-c2oc3ccccc3c(=O)c2O)cc1.COc1ccc(-c2oc3ccccc3c(=O)c2O)cc1. The third kappa shape index (κ3) is 4.98. The molecule has 6 aromatic rings. The summed E-state index contributed by atoms with van der Waals surface area (Å²) in [6, 6.07) is 27.5. The van der Waals surface area contributed by atoms with Gasteiger partial charge in [-0.2, -0.15) is 0 Å². The molecule has 8 nitrogen and oxygen atoms in total. The van der Waals surface area contributed by atoms with Gasteiger partial charge >= 0.3 is 0 Å². The fourth-order valence-corrected chi connectivity index (χ4v) is 4.14. The Hall–Kier alpha value is -5.50. The summed E-state index contributed by atoms with van der Waals surface area (Å²) >= 11 is 0. The van der Waals surface area contributed by atoms with Crippen molar-refractivity contribution in [2.45, 2.75) is 0 Å². The first-order chi connectivity index (χ1) is 19.4. The molecular weight excluding hydrogens is 512 g/mol. The van der Waals surface area contributed by atoms with E-state index in [1.54, 1.807) is 111 Å². The Morgan fingerprint density at radius 2 is 0.875 bits per heavy atom. The van der Waals surface area contributed by atoms with E-state index in [-0.39, 0.29) is 23.0 Å². The Balaban J connectivity index is 0.000000161. The van der Waals surface area contributed by atoms with Crippen LogP contribution in [-0.4, -0.2) is 24.4 Å². The fraction of sp³-hybridized carbons (Fsp3) is 0.0625. The van der Waals surface area contributed by atoms with Gasteiger partial charge in [0, 0.05) is 11.1 Å². The van der Waals surface area contributed by atoms with E-state index in [1.807, 2.05) is 0 Å². The van der Waals surface area contributed by atoms with Gasteiger partial charge in [0.15, 0.2) is 11.5 Å². The van der Waals surface area contributed by atoms with E-state index in [4.69, 9.17) is 18.3 Å². The van der Waals surface area contributed by atoms with E-state index in [2.05, 4.69) is 0 Å². The van der Waals surface area contributed by atoms with Crippen LogP contribution in [0, 0.1) is 0 Å². The van der Waals surface area contributed by atoms with Gasteiger partial charge in [-0.3, -0.25) is 9.59 Å². The van der Waals surface area contributed by atoms with E-state index in [9.17, 15) is 19.8 Å². The molecule has 2 N–H and O–H groups in total. The predicted molar refractivity (Wildman–Crippen MR) is 152 cm³/mol. The van der Waals surface area contributed by atoms with Gasteiger partial charge in [-0.1, -0.05) is 24.3 Å². The summed E-state index contributed by atoms with van der Waals surface area (Å²) in [6.45, 7) is 0. The molecule has 0 aliphatic carbocycles. The van der Waals surface area contributed by atoms with Crippen LogP contribution in [0.15, 0.2) is 115 Å².